The number of rotatable bonds is 8. The van der Waals surface area contributed by atoms with Crippen LogP contribution in [0, 0.1) is 5.92 Å². The SMILES string of the molecule is CC(C)CNCC(C)NCCc1ccccc1Cl. The molecule has 1 aromatic rings. The Bertz CT molecular complexity index is 339. The lowest BCUT2D eigenvalue weighted by Crippen LogP contribution is -2.38. The minimum Gasteiger partial charge on any atom is -0.315 e. The van der Waals surface area contributed by atoms with E-state index in [0.717, 1.165) is 31.1 Å². The molecule has 1 unspecified atom stereocenters. The van der Waals surface area contributed by atoms with Gasteiger partial charge in [0.25, 0.3) is 0 Å². The average Bonchev–Trinajstić information content (AvgIpc) is 2.31. The Morgan fingerprint density at radius 3 is 2.50 bits per heavy atom. The molecule has 0 saturated carbocycles. The number of nitrogens with one attached hydrogen (secondary N) is 2. The second-order valence-electron chi connectivity index (χ2n) is 5.25. The Hall–Kier alpha value is -0.570. The molecule has 1 atom stereocenters. The smallest absolute Gasteiger partial charge is 0.0438 e. The van der Waals surface area contributed by atoms with Crippen molar-refractivity contribution >= 4 is 11.6 Å². The van der Waals surface area contributed by atoms with Crippen LogP contribution in [0.2, 0.25) is 5.02 Å². The second-order valence-corrected chi connectivity index (χ2v) is 5.66. The Morgan fingerprint density at radius 2 is 1.83 bits per heavy atom. The van der Waals surface area contributed by atoms with Crippen molar-refractivity contribution in [3.05, 3.63) is 34.9 Å². The number of benzene rings is 1. The van der Waals surface area contributed by atoms with Gasteiger partial charge in [-0.2, -0.15) is 0 Å². The molecule has 0 aliphatic rings. The highest BCUT2D eigenvalue weighted by atomic mass is 35.5. The van der Waals surface area contributed by atoms with Crippen molar-refractivity contribution in [1.82, 2.24) is 10.6 Å². The molecule has 1 aromatic carbocycles. The summed E-state index contributed by atoms with van der Waals surface area (Å²) in [5.41, 5.74) is 1.22. The lowest BCUT2D eigenvalue weighted by atomic mass is 10.1. The minimum atomic E-state index is 0.492. The summed E-state index contributed by atoms with van der Waals surface area (Å²) >= 11 is 6.12. The normalized spacial score (nSPS) is 12.9. The summed E-state index contributed by atoms with van der Waals surface area (Å²) < 4.78 is 0. The van der Waals surface area contributed by atoms with Crippen LogP contribution >= 0.6 is 11.6 Å². The molecule has 0 aliphatic heterocycles. The van der Waals surface area contributed by atoms with Crippen LogP contribution in [0.15, 0.2) is 24.3 Å². The predicted molar refractivity (Wildman–Crippen MR) is 80.3 cm³/mol. The van der Waals surface area contributed by atoms with E-state index in [1.807, 2.05) is 18.2 Å². The summed E-state index contributed by atoms with van der Waals surface area (Å²) in [6.45, 7) is 9.72. The average molecular weight is 269 g/mol. The first kappa shape index (κ1) is 15.5. The zero-order valence-electron chi connectivity index (χ0n) is 11.7. The molecule has 0 aromatic heterocycles. The first-order valence-electron chi connectivity index (χ1n) is 6.77. The second kappa shape index (κ2) is 8.52. The van der Waals surface area contributed by atoms with Gasteiger partial charge in [-0.3, -0.25) is 0 Å². The van der Waals surface area contributed by atoms with E-state index in [2.05, 4.69) is 37.5 Å². The van der Waals surface area contributed by atoms with Crippen molar-refractivity contribution in [2.45, 2.75) is 33.2 Å². The molecule has 0 amide bonds. The minimum absolute atomic E-state index is 0.492. The molecular formula is C15H25ClN2. The Balaban J connectivity index is 2.15. The summed E-state index contributed by atoms with van der Waals surface area (Å²) in [4.78, 5) is 0. The highest BCUT2D eigenvalue weighted by Gasteiger charge is 2.03. The van der Waals surface area contributed by atoms with Crippen molar-refractivity contribution in [3.63, 3.8) is 0 Å². The van der Waals surface area contributed by atoms with E-state index < -0.39 is 0 Å². The Morgan fingerprint density at radius 1 is 1.11 bits per heavy atom. The van der Waals surface area contributed by atoms with Crippen LogP contribution in [-0.4, -0.2) is 25.7 Å². The predicted octanol–water partition coefficient (Wildman–Crippen LogP) is 3.11. The maximum atomic E-state index is 6.12. The third-order valence-corrected chi connectivity index (χ3v) is 3.22. The maximum absolute atomic E-state index is 6.12. The summed E-state index contributed by atoms with van der Waals surface area (Å²) in [5.74, 6) is 0.709. The van der Waals surface area contributed by atoms with E-state index in [4.69, 9.17) is 11.6 Å². The topological polar surface area (TPSA) is 24.1 Å². The van der Waals surface area contributed by atoms with Crippen molar-refractivity contribution in [2.75, 3.05) is 19.6 Å². The summed E-state index contributed by atoms with van der Waals surface area (Å²) in [6, 6.07) is 8.54. The lowest BCUT2D eigenvalue weighted by Gasteiger charge is -2.16. The highest BCUT2D eigenvalue weighted by molar-refractivity contribution is 6.31. The first-order valence-corrected chi connectivity index (χ1v) is 7.15. The molecule has 0 aliphatic carbocycles. The molecule has 0 fully saturated rings. The van der Waals surface area contributed by atoms with Gasteiger partial charge in [0.2, 0.25) is 0 Å². The van der Waals surface area contributed by atoms with Crippen molar-refractivity contribution < 1.29 is 0 Å². The fraction of sp³-hybridized carbons (Fsp3) is 0.600. The number of hydrogen-bond donors (Lipinski definition) is 2. The Labute approximate surface area is 116 Å². The van der Waals surface area contributed by atoms with Gasteiger partial charge in [-0.1, -0.05) is 43.6 Å². The molecule has 0 spiro atoms. The van der Waals surface area contributed by atoms with Gasteiger partial charge in [-0.15, -0.1) is 0 Å². The zero-order valence-corrected chi connectivity index (χ0v) is 12.4. The van der Waals surface area contributed by atoms with Crippen molar-refractivity contribution in [1.29, 1.82) is 0 Å². The highest BCUT2D eigenvalue weighted by Crippen LogP contribution is 2.14. The van der Waals surface area contributed by atoms with Gasteiger partial charge >= 0.3 is 0 Å². The molecule has 102 valence electrons. The zero-order chi connectivity index (χ0) is 13.4. The molecule has 0 heterocycles. The molecule has 0 radical (unpaired) electrons. The molecule has 0 bridgehead atoms. The molecule has 1 rings (SSSR count). The van der Waals surface area contributed by atoms with E-state index >= 15 is 0 Å². The Kier molecular flexibility index (Phi) is 7.33. The quantitative estimate of drug-likeness (QED) is 0.757. The van der Waals surface area contributed by atoms with E-state index in [-0.39, 0.29) is 0 Å². The van der Waals surface area contributed by atoms with Crippen LogP contribution in [0.3, 0.4) is 0 Å². The molecule has 2 nitrogen and oxygen atoms in total. The van der Waals surface area contributed by atoms with Gasteiger partial charge in [-0.05, 0) is 44.0 Å². The van der Waals surface area contributed by atoms with Gasteiger partial charge in [0.1, 0.15) is 0 Å². The van der Waals surface area contributed by atoms with E-state index in [9.17, 15) is 0 Å². The van der Waals surface area contributed by atoms with E-state index in [1.54, 1.807) is 0 Å². The maximum Gasteiger partial charge on any atom is 0.0438 e. The van der Waals surface area contributed by atoms with Crippen molar-refractivity contribution in [2.24, 2.45) is 5.92 Å². The van der Waals surface area contributed by atoms with Gasteiger partial charge in [-0.25, -0.2) is 0 Å². The fourth-order valence-electron chi connectivity index (χ4n) is 1.82. The molecule has 2 N–H and O–H groups in total. The van der Waals surface area contributed by atoms with Crippen LogP contribution in [0.5, 0.6) is 0 Å². The van der Waals surface area contributed by atoms with Gasteiger partial charge in [0.15, 0.2) is 0 Å². The van der Waals surface area contributed by atoms with Gasteiger partial charge in [0, 0.05) is 17.6 Å². The number of halogens is 1. The van der Waals surface area contributed by atoms with Gasteiger partial charge in [0.05, 0.1) is 0 Å². The monoisotopic (exact) mass is 268 g/mol. The largest absolute Gasteiger partial charge is 0.315 e. The van der Waals surface area contributed by atoms with Crippen LogP contribution < -0.4 is 10.6 Å². The van der Waals surface area contributed by atoms with Crippen LogP contribution in [0.1, 0.15) is 26.3 Å². The van der Waals surface area contributed by atoms with Gasteiger partial charge < -0.3 is 10.6 Å². The van der Waals surface area contributed by atoms with Crippen molar-refractivity contribution in [3.8, 4) is 0 Å². The molecule has 3 heteroatoms. The third kappa shape index (κ3) is 6.39. The molecule has 0 saturated heterocycles. The summed E-state index contributed by atoms with van der Waals surface area (Å²) in [7, 11) is 0. The lowest BCUT2D eigenvalue weighted by molar-refractivity contribution is 0.474. The summed E-state index contributed by atoms with van der Waals surface area (Å²) in [5, 5.41) is 7.83. The number of hydrogen-bond acceptors (Lipinski definition) is 2. The summed E-state index contributed by atoms with van der Waals surface area (Å²) in [6.07, 6.45) is 0.980. The van der Waals surface area contributed by atoms with Crippen LogP contribution in [0.4, 0.5) is 0 Å². The van der Waals surface area contributed by atoms with E-state index in [0.29, 0.717) is 12.0 Å². The fourth-order valence-corrected chi connectivity index (χ4v) is 2.05. The van der Waals surface area contributed by atoms with E-state index in [1.165, 1.54) is 5.56 Å². The van der Waals surface area contributed by atoms with Crippen LogP contribution in [-0.2, 0) is 6.42 Å². The first-order chi connectivity index (χ1) is 8.59. The third-order valence-electron chi connectivity index (χ3n) is 2.85. The molecular weight excluding hydrogens is 244 g/mol. The van der Waals surface area contributed by atoms with Crippen LogP contribution in [0.25, 0.3) is 0 Å². The molecule has 18 heavy (non-hydrogen) atoms. The standard InChI is InChI=1S/C15H25ClN2/c1-12(2)10-17-11-13(3)18-9-8-14-6-4-5-7-15(14)16/h4-7,12-13,17-18H,8-11H2,1-3H3.